The van der Waals surface area contributed by atoms with Crippen LogP contribution in [0.1, 0.15) is 24.5 Å². The average Bonchev–Trinajstić information content (AvgIpc) is 2.30. The standard InChI is InChI=1S/C14H20O4/c1-9(6-14(15)16)5-11-8-13(18-4)12(17-3)7-10(11)2/h7-9H,5-6H2,1-4H3,(H,15,16). The fourth-order valence-corrected chi connectivity index (χ4v) is 1.99. The van der Waals surface area contributed by atoms with E-state index in [0.29, 0.717) is 11.5 Å². The Labute approximate surface area is 108 Å². The van der Waals surface area contributed by atoms with E-state index in [2.05, 4.69) is 0 Å². The van der Waals surface area contributed by atoms with E-state index in [1.807, 2.05) is 26.0 Å². The van der Waals surface area contributed by atoms with Crippen LogP contribution in [0.4, 0.5) is 0 Å². The molecule has 18 heavy (non-hydrogen) atoms. The summed E-state index contributed by atoms with van der Waals surface area (Å²) in [6, 6.07) is 3.84. The average molecular weight is 252 g/mol. The zero-order valence-electron chi connectivity index (χ0n) is 11.3. The minimum absolute atomic E-state index is 0.0966. The summed E-state index contributed by atoms with van der Waals surface area (Å²) in [7, 11) is 3.20. The van der Waals surface area contributed by atoms with Crippen LogP contribution in [0, 0.1) is 12.8 Å². The van der Waals surface area contributed by atoms with Crippen LogP contribution in [-0.2, 0) is 11.2 Å². The maximum Gasteiger partial charge on any atom is 0.303 e. The lowest BCUT2D eigenvalue weighted by Crippen LogP contribution is -2.08. The van der Waals surface area contributed by atoms with E-state index in [0.717, 1.165) is 17.5 Å². The van der Waals surface area contributed by atoms with Gasteiger partial charge in [0.05, 0.1) is 14.2 Å². The topological polar surface area (TPSA) is 55.8 Å². The summed E-state index contributed by atoms with van der Waals surface area (Å²) < 4.78 is 10.5. The highest BCUT2D eigenvalue weighted by molar-refractivity contribution is 5.67. The second-order valence-electron chi connectivity index (χ2n) is 4.54. The quantitative estimate of drug-likeness (QED) is 0.845. The molecule has 1 unspecified atom stereocenters. The number of hydrogen-bond acceptors (Lipinski definition) is 3. The van der Waals surface area contributed by atoms with Gasteiger partial charge in [-0.2, -0.15) is 0 Å². The molecule has 0 bridgehead atoms. The Morgan fingerprint density at radius 3 is 2.33 bits per heavy atom. The van der Waals surface area contributed by atoms with Gasteiger partial charge in [0.25, 0.3) is 0 Å². The monoisotopic (exact) mass is 252 g/mol. The third kappa shape index (κ3) is 3.65. The Morgan fingerprint density at radius 1 is 1.28 bits per heavy atom. The van der Waals surface area contributed by atoms with Crippen molar-refractivity contribution in [2.45, 2.75) is 26.7 Å². The molecule has 0 amide bonds. The number of aliphatic carboxylic acids is 1. The van der Waals surface area contributed by atoms with Gasteiger partial charge in [-0.1, -0.05) is 6.92 Å². The number of aryl methyl sites for hydroxylation is 1. The van der Waals surface area contributed by atoms with Gasteiger partial charge < -0.3 is 14.6 Å². The lowest BCUT2D eigenvalue weighted by atomic mass is 9.95. The molecule has 4 nitrogen and oxygen atoms in total. The second-order valence-corrected chi connectivity index (χ2v) is 4.54. The fraction of sp³-hybridized carbons (Fsp3) is 0.500. The zero-order chi connectivity index (χ0) is 13.7. The summed E-state index contributed by atoms with van der Waals surface area (Å²) in [5.41, 5.74) is 2.19. The highest BCUT2D eigenvalue weighted by atomic mass is 16.5. The minimum atomic E-state index is -0.763. The van der Waals surface area contributed by atoms with Crippen LogP contribution in [0.2, 0.25) is 0 Å². The molecule has 1 rings (SSSR count). The molecule has 0 aromatic heterocycles. The van der Waals surface area contributed by atoms with E-state index >= 15 is 0 Å². The summed E-state index contributed by atoms with van der Waals surface area (Å²) in [5, 5.41) is 8.77. The van der Waals surface area contributed by atoms with Crippen molar-refractivity contribution in [2.24, 2.45) is 5.92 Å². The van der Waals surface area contributed by atoms with Gasteiger partial charge in [-0.05, 0) is 42.5 Å². The lowest BCUT2D eigenvalue weighted by Gasteiger charge is -2.15. The molecule has 1 aromatic carbocycles. The maximum absolute atomic E-state index is 10.7. The first-order valence-corrected chi connectivity index (χ1v) is 5.91. The Bertz CT molecular complexity index is 426. The second kappa shape index (κ2) is 6.28. The molecule has 0 saturated carbocycles. The molecule has 0 heterocycles. The largest absolute Gasteiger partial charge is 0.493 e. The number of benzene rings is 1. The third-order valence-corrected chi connectivity index (χ3v) is 2.93. The van der Waals surface area contributed by atoms with Gasteiger partial charge in [-0.3, -0.25) is 4.79 Å². The molecule has 1 N–H and O–H groups in total. The van der Waals surface area contributed by atoms with Gasteiger partial charge in [-0.15, -0.1) is 0 Å². The predicted molar refractivity (Wildman–Crippen MR) is 69.4 cm³/mol. The van der Waals surface area contributed by atoms with Crippen molar-refractivity contribution in [1.82, 2.24) is 0 Å². The number of carboxylic acid groups (broad SMARTS) is 1. The van der Waals surface area contributed by atoms with Crippen molar-refractivity contribution in [3.63, 3.8) is 0 Å². The van der Waals surface area contributed by atoms with E-state index in [4.69, 9.17) is 14.6 Å². The summed E-state index contributed by atoms with van der Waals surface area (Å²) in [6.07, 6.45) is 0.895. The summed E-state index contributed by atoms with van der Waals surface area (Å²) in [5.74, 6) is 0.713. The van der Waals surface area contributed by atoms with Crippen LogP contribution >= 0.6 is 0 Å². The van der Waals surface area contributed by atoms with Gasteiger partial charge in [0.15, 0.2) is 11.5 Å². The van der Waals surface area contributed by atoms with E-state index in [1.54, 1.807) is 14.2 Å². The van der Waals surface area contributed by atoms with Crippen molar-refractivity contribution in [3.05, 3.63) is 23.3 Å². The molecule has 0 radical (unpaired) electrons. The van der Waals surface area contributed by atoms with Crippen LogP contribution in [-0.4, -0.2) is 25.3 Å². The van der Waals surface area contributed by atoms with Gasteiger partial charge in [0.1, 0.15) is 0 Å². The Balaban J connectivity index is 2.92. The smallest absolute Gasteiger partial charge is 0.303 e. The number of methoxy groups -OCH3 is 2. The van der Waals surface area contributed by atoms with Crippen molar-refractivity contribution < 1.29 is 19.4 Å². The Hall–Kier alpha value is -1.71. The molecular formula is C14H20O4. The minimum Gasteiger partial charge on any atom is -0.493 e. The first kappa shape index (κ1) is 14.4. The number of hydrogen-bond donors (Lipinski definition) is 1. The number of carboxylic acids is 1. The molecule has 1 aromatic rings. The molecule has 0 aliphatic heterocycles. The predicted octanol–water partition coefficient (Wildman–Crippen LogP) is 2.67. The van der Waals surface area contributed by atoms with Crippen LogP contribution in [0.3, 0.4) is 0 Å². The van der Waals surface area contributed by atoms with Crippen molar-refractivity contribution >= 4 is 5.97 Å². The van der Waals surface area contributed by atoms with E-state index in [9.17, 15) is 4.79 Å². The first-order valence-electron chi connectivity index (χ1n) is 5.91. The first-order chi connectivity index (χ1) is 8.47. The zero-order valence-corrected chi connectivity index (χ0v) is 11.3. The van der Waals surface area contributed by atoms with Crippen molar-refractivity contribution in [3.8, 4) is 11.5 Å². The molecule has 0 aliphatic rings. The molecule has 0 saturated heterocycles. The van der Waals surface area contributed by atoms with E-state index < -0.39 is 5.97 Å². The summed E-state index contributed by atoms with van der Waals surface area (Å²) in [4.78, 5) is 10.7. The fourth-order valence-electron chi connectivity index (χ4n) is 1.99. The summed E-state index contributed by atoms with van der Waals surface area (Å²) in [6.45, 7) is 3.93. The van der Waals surface area contributed by atoms with Crippen molar-refractivity contribution in [1.29, 1.82) is 0 Å². The molecule has 0 fully saturated rings. The van der Waals surface area contributed by atoms with Crippen LogP contribution in [0.25, 0.3) is 0 Å². The number of ether oxygens (including phenoxy) is 2. The number of rotatable bonds is 6. The Kier molecular flexibility index (Phi) is 5.01. The van der Waals surface area contributed by atoms with Crippen molar-refractivity contribution in [2.75, 3.05) is 14.2 Å². The molecular weight excluding hydrogens is 232 g/mol. The molecule has 4 heteroatoms. The van der Waals surface area contributed by atoms with Crippen LogP contribution < -0.4 is 9.47 Å². The molecule has 100 valence electrons. The van der Waals surface area contributed by atoms with Crippen LogP contribution in [0.15, 0.2) is 12.1 Å². The van der Waals surface area contributed by atoms with Gasteiger partial charge in [0, 0.05) is 6.42 Å². The lowest BCUT2D eigenvalue weighted by molar-refractivity contribution is -0.137. The van der Waals surface area contributed by atoms with E-state index in [-0.39, 0.29) is 12.3 Å². The maximum atomic E-state index is 10.7. The van der Waals surface area contributed by atoms with Crippen LogP contribution in [0.5, 0.6) is 11.5 Å². The molecule has 0 aliphatic carbocycles. The normalized spacial score (nSPS) is 12.0. The highest BCUT2D eigenvalue weighted by Gasteiger charge is 2.13. The summed E-state index contributed by atoms with van der Waals surface area (Å²) >= 11 is 0. The number of carbonyl (C=O) groups is 1. The van der Waals surface area contributed by atoms with E-state index in [1.165, 1.54) is 0 Å². The molecule has 0 spiro atoms. The highest BCUT2D eigenvalue weighted by Crippen LogP contribution is 2.31. The van der Waals surface area contributed by atoms with Gasteiger partial charge >= 0.3 is 5.97 Å². The molecule has 1 atom stereocenters. The Morgan fingerprint density at radius 2 is 1.83 bits per heavy atom. The van der Waals surface area contributed by atoms with Gasteiger partial charge in [0.2, 0.25) is 0 Å². The van der Waals surface area contributed by atoms with Gasteiger partial charge in [-0.25, -0.2) is 0 Å². The third-order valence-electron chi connectivity index (χ3n) is 2.93. The SMILES string of the molecule is COc1cc(C)c(CC(C)CC(=O)O)cc1OC.